The highest BCUT2D eigenvalue weighted by atomic mass is 35.5. The lowest BCUT2D eigenvalue weighted by atomic mass is 10.4. The van der Waals surface area contributed by atoms with E-state index in [1.165, 1.54) is 0 Å². The molecule has 0 radical (unpaired) electrons. The number of primary sulfonamides is 1. The van der Waals surface area contributed by atoms with Crippen molar-refractivity contribution in [2.24, 2.45) is 5.14 Å². The Morgan fingerprint density at radius 1 is 0.941 bits per heavy atom. The second-order valence-corrected chi connectivity index (χ2v) is 8.25. The van der Waals surface area contributed by atoms with Crippen LogP contribution in [0.25, 0.3) is 0 Å². The third-order valence-electron chi connectivity index (χ3n) is 1.63. The number of sulfone groups is 1. The largest absolute Gasteiger partial charge is 0.228 e. The summed E-state index contributed by atoms with van der Waals surface area (Å²) in [6.45, 7) is 0. The van der Waals surface area contributed by atoms with Crippen LogP contribution in [0.2, 0.25) is 15.1 Å². The smallest absolute Gasteiger partial charge is 0.223 e. The number of hydrogen-bond acceptors (Lipinski definition) is 4. The lowest BCUT2D eigenvalue weighted by Crippen LogP contribution is -2.23. The average molecular weight is 339 g/mol. The van der Waals surface area contributed by atoms with E-state index in [0.29, 0.717) is 0 Å². The molecule has 2 N–H and O–H groups in total. The van der Waals surface area contributed by atoms with Gasteiger partial charge in [-0.15, -0.1) is 0 Å². The van der Waals surface area contributed by atoms with Crippen molar-refractivity contribution in [1.29, 1.82) is 0 Å². The molecule has 0 spiro atoms. The summed E-state index contributed by atoms with van der Waals surface area (Å²) in [5.74, 6) is 0. The van der Waals surface area contributed by atoms with Crippen LogP contribution in [-0.2, 0) is 19.9 Å². The van der Waals surface area contributed by atoms with Gasteiger partial charge >= 0.3 is 0 Å². The maximum absolute atomic E-state index is 11.7. The van der Waals surface area contributed by atoms with E-state index < -0.39 is 29.8 Å². The van der Waals surface area contributed by atoms with E-state index in [4.69, 9.17) is 34.8 Å². The van der Waals surface area contributed by atoms with E-state index in [0.717, 1.165) is 12.1 Å². The van der Waals surface area contributed by atoms with Gasteiger partial charge < -0.3 is 0 Å². The molecule has 10 heteroatoms. The second kappa shape index (κ2) is 4.91. The molecule has 1 rings (SSSR count). The van der Waals surface area contributed by atoms with Gasteiger partial charge in [-0.1, -0.05) is 34.8 Å². The Hall–Kier alpha value is -0.0500. The Labute approximate surface area is 113 Å². The topological polar surface area (TPSA) is 94.3 Å². The van der Waals surface area contributed by atoms with Crippen molar-refractivity contribution >= 4 is 54.7 Å². The fourth-order valence-electron chi connectivity index (χ4n) is 1.02. The van der Waals surface area contributed by atoms with Gasteiger partial charge in [-0.2, -0.15) is 0 Å². The fourth-order valence-corrected chi connectivity index (χ4v) is 4.88. The number of benzene rings is 1. The molecule has 0 fully saturated rings. The highest BCUT2D eigenvalue weighted by Crippen LogP contribution is 2.32. The first kappa shape index (κ1) is 15.0. The first-order chi connectivity index (χ1) is 7.53. The summed E-state index contributed by atoms with van der Waals surface area (Å²) < 4.78 is 44.9. The maximum Gasteiger partial charge on any atom is 0.223 e. The first-order valence-corrected chi connectivity index (χ1v) is 8.41. The van der Waals surface area contributed by atoms with E-state index in [2.05, 4.69) is 5.14 Å². The molecule has 0 aliphatic heterocycles. The molecular formula is C7H6Cl3NO4S2. The second-order valence-electron chi connectivity index (χ2n) is 3.09. The minimum absolute atomic E-state index is 0.0518. The summed E-state index contributed by atoms with van der Waals surface area (Å²) in [6.07, 6.45) is 0. The molecule has 0 atom stereocenters. The number of rotatable bonds is 3. The fraction of sp³-hybridized carbons (Fsp3) is 0.143. The van der Waals surface area contributed by atoms with Crippen molar-refractivity contribution < 1.29 is 16.8 Å². The molecule has 0 bridgehead atoms. The average Bonchev–Trinajstić information content (AvgIpc) is 2.06. The quantitative estimate of drug-likeness (QED) is 0.848. The third kappa shape index (κ3) is 3.97. The molecule has 0 aliphatic rings. The normalized spacial score (nSPS) is 12.7. The van der Waals surface area contributed by atoms with Crippen molar-refractivity contribution in [3.8, 4) is 0 Å². The van der Waals surface area contributed by atoms with Crippen molar-refractivity contribution in [2.75, 3.05) is 5.08 Å². The highest BCUT2D eigenvalue weighted by molar-refractivity contribution is 8.07. The molecule has 0 saturated heterocycles. The Kier molecular flexibility index (Phi) is 4.33. The van der Waals surface area contributed by atoms with Crippen LogP contribution in [0, 0.1) is 0 Å². The van der Waals surface area contributed by atoms with Gasteiger partial charge in [0.2, 0.25) is 10.0 Å². The molecule has 96 valence electrons. The summed E-state index contributed by atoms with van der Waals surface area (Å²) in [7, 11) is -8.37. The monoisotopic (exact) mass is 337 g/mol. The van der Waals surface area contributed by atoms with Crippen molar-refractivity contribution in [1.82, 2.24) is 0 Å². The summed E-state index contributed by atoms with van der Waals surface area (Å²) in [4.78, 5) is -0.428. The molecule has 0 saturated carbocycles. The van der Waals surface area contributed by atoms with Crippen LogP contribution in [0.4, 0.5) is 0 Å². The summed E-state index contributed by atoms with van der Waals surface area (Å²) in [5, 5.41) is 3.21. The number of hydrogen-bond donors (Lipinski definition) is 1. The zero-order chi connectivity index (χ0) is 13.4. The predicted octanol–water partition coefficient (Wildman–Crippen LogP) is 1.67. The minimum atomic E-state index is -4.19. The van der Waals surface area contributed by atoms with Crippen LogP contribution in [0.15, 0.2) is 17.0 Å². The van der Waals surface area contributed by atoms with Crippen LogP contribution < -0.4 is 5.14 Å². The van der Waals surface area contributed by atoms with Gasteiger partial charge in [0.1, 0.15) is 0 Å². The first-order valence-electron chi connectivity index (χ1n) is 3.91. The number of halogens is 3. The molecule has 0 aliphatic carbocycles. The Morgan fingerprint density at radius 3 is 1.88 bits per heavy atom. The molecular weight excluding hydrogens is 333 g/mol. The van der Waals surface area contributed by atoms with Crippen LogP contribution in [-0.4, -0.2) is 21.9 Å². The SMILES string of the molecule is NS(=O)(=O)CS(=O)(=O)c1cc(Cl)c(Cl)cc1Cl. The summed E-state index contributed by atoms with van der Waals surface area (Å²) in [5.41, 5.74) is 0. The molecule has 0 unspecified atom stereocenters. The van der Waals surface area contributed by atoms with Gasteiger partial charge in [0.15, 0.2) is 14.9 Å². The zero-order valence-electron chi connectivity index (χ0n) is 8.02. The Bertz CT molecular complexity index is 654. The van der Waals surface area contributed by atoms with Gasteiger partial charge in [0.05, 0.1) is 20.0 Å². The van der Waals surface area contributed by atoms with Crippen molar-refractivity contribution in [2.45, 2.75) is 4.90 Å². The molecule has 0 heterocycles. The third-order valence-corrected chi connectivity index (χ3v) is 6.34. The van der Waals surface area contributed by atoms with Gasteiger partial charge in [0, 0.05) is 0 Å². The number of nitrogens with two attached hydrogens (primary N) is 1. The van der Waals surface area contributed by atoms with Crippen LogP contribution in [0.5, 0.6) is 0 Å². The lowest BCUT2D eigenvalue weighted by molar-refractivity contribution is 0.590. The van der Waals surface area contributed by atoms with E-state index in [-0.39, 0.29) is 15.1 Å². The summed E-state index contributed by atoms with van der Waals surface area (Å²) in [6, 6.07) is 2.09. The van der Waals surface area contributed by atoms with Gasteiger partial charge in [-0.3, -0.25) is 0 Å². The predicted molar refractivity (Wildman–Crippen MR) is 66.6 cm³/mol. The van der Waals surface area contributed by atoms with E-state index in [1.54, 1.807) is 0 Å². The maximum atomic E-state index is 11.7. The summed E-state index contributed by atoms with van der Waals surface area (Å²) >= 11 is 16.9. The number of sulfonamides is 1. The zero-order valence-corrected chi connectivity index (χ0v) is 11.9. The van der Waals surface area contributed by atoms with Crippen LogP contribution in [0.1, 0.15) is 0 Å². The lowest BCUT2D eigenvalue weighted by Gasteiger charge is -2.06. The van der Waals surface area contributed by atoms with Crippen LogP contribution >= 0.6 is 34.8 Å². The molecule has 1 aromatic carbocycles. The minimum Gasteiger partial charge on any atom is -0.228 e. The molecule has 17 heavy (non-hydrogen) atoms. The molecule has 0 amide bonds. The molecule has 5 nitrogen and oxygen atoms in total. The van der Waals surface area contributed by atoms with Gasteiger partial charge in [-0.25, -0.2) is 22.0 Å². The standard InChI is InChI=1S/C7H6Cl3NO4S2/c8-4-1-6(10)7(2-5(4)9)16(12,13)3-17(11,14)15/h1-2H,3H2,(H2,11,14,15). The van der Waals surface area contributed by atoms with E-state index in [1.807, 2.05) is 0 Å². The van der Waals surface area contributed by atoms with Crippen LogP contribution in [0.3, 0.4) is 0 Å². The highest BCUT2D eigenvalue weighted by Gasteiger charge is 2.25. The van der Waals surface area contributed by atoms with Gasteiger partial charge in [-0.05, 0) is 12.1 Å². The van der Waals surface area contributed by atoms with Gasteiger partial charge in [0.25, 0.3) is 0 Å². The molecule has 1 aromatic rings. The van der Waals surface area contributed by atoms with E-state index in [9.17, 15) is 16.8 Å². The van der Waals surface area contributed by atoms with Crippen molar-refractivity contribution in [3.63, 3.8) is 0 Å². The molecule has 0 aromatic heterocycles. The van der Waals surface area contributed by atoms with E-state index >= 15 is 0 Å². The van der Waals surface area contributed by atoms with Crippen molar-refractivity contribution in [3.05, 3.63) is 27.2 Å². The Morgan fingerprint density at radius 2 is 1.41 bits per heavy atom. The Balaban J connectivity index is 3.40.